The molecule has 2 aliphatic rings. The average molecular weight is 437 g/mol. The van der Waals surface area contributed by atoms with E-state index in [1.165, 1.54) is 24.8 Å². The number of carbonyl (C=O) groups excluding carboxylic acids is 1. The number of benzene rings is 2. The molecule has 1 saturated carbocycles. The fourth-order valence-electron chi connectivity index (χ4n) is 5.59. The highest BCUT2D eigenvalue weighted by atomic mass is 16.5. The van der Waals surface area contributed by atoms with Crippen molar-refractivity contribution in [1.82, 2.24) is 9.80 Å². The Bertz CT molecular complexity index is 909. The molecular weight excluding hydrogens is 400 g/mol. The predicted octanol–water partition coefficient (Wildman–Crippen LogP) is 4.80. The maximum atomic E-state index is 12.7. The average Bonchev–Trinajstić information content (AvgIpc) is 3.22. The Labute approximate surface area is 192 Å². The van der Waals surface area contributed by atoms with Crippen molar-refractivity contribution in [3.05, 3.63) is 59.7 Å². The van der Waals surface area contributed by atoms with Crippen molar-refractivity contribution in [3.63, 3.8) is 0 Å². The van der Waals surface area contributed by atoms with E-state index in [4.69, 9.17) is 4.74 Å². The summed E-state index contributed by atoms with van der Waals surface area (Å²) in [4.78, 5) is 17.2. The summed E-state index contributed by atoms with van der Waals surface area (Å²) in [6.45, 7) is 5.05. The topological polar surface area (TPSA) is 53.0 Å². The molecule has 172 valence electrons. The first-order chi connectivity index (χ1) is 15.5. The van der Waals surface area contributed by atoms with Crippen LogP contribution in [0.3, 0.4) is 0 Å². The van der Waals surface area contributed by atoms with Gasteiger partial charge in [0.2, 0.25) is 5.91 Å². The normalized spacial score (nSPS) is 22.1. The molecule has 1 heterocycles. The molecule has 0 bridgehead atoms. The summed E-state index contributed by atoms with van der Waals surface area (Å²) >= 11 is 0. The molecule has 0 spiro atoms. The Balaban J connectivity index is 1.57. The van der Waals surface area contributed by atoms with Crippen molar-refractivity contribution >= 4 is 5.91 Å². The summed E-state index contributed by atoms with van der Waals surface area (Å²) in [5.74, 6) is 2.08. The van der Waals surface area contributed by atoms with Gasteiger partial charge in [-0.3, -0.25) is 9.69 Å². The van der Waals surface area contributed by atoms with Crippen LogP contribution in [-0.4, -0.2) is 53.6 Å². The van der Waals surface area contributed by atoms with Gasteiger partial charge >= 0.3 is 0 Å². The molecule has 1 saturated heterocycles. The van der Waals surface area contributed by atoms with Crippen molar-refractivity contribution in [1.29, 1.82) is 0 Å². The van der Waals surface area contributed by atoms with Crippen LogP contribution < -0.4 is 4.74 Å². The van der Waals surface area contributed by atoms with Gasteiger partial charge in [-0.25, -0.2) is 0 Å². The summed E-state index contributed by atoms with van der Waals surface area (Å²) in [7, 11) is 1.70. The quantitative estimate of drug-likeness (QED) is 0.678. The number of para-hydroxylation sites is 1. The summed E-state index contributed by atoms with van der Waals surface area (Å²) in [6, 6.07) is 16.3. The zero-order valence-corrected chi connectivity index (χ0v) is 19.4. The van der Waals surface area contributed by atoms with Crippen molar-refractivity contribution < 1.29 is 14.6 Å². The number of likely N-dealkylation sites (tertiary alicyclic amines) is 1. The molecule has 5 heteroatoms. The lowest BCUT2D eigenvalue weighted by molar-refractivity contribution is -0.132. The SMILES string of the molecule is COc1cccc(C2CN(Cc3ccccc3O)CC2CN(C(C)=O)C2CCCCC2)c1. The van der Waals surface area contributed by atoms with Crippen molar-refractivity contribution in [2.45, 2.75) is 57.5 Å². The smallest absolute Gasteiger partial charge is 0.219 e. The van der Waals surface area contributed by atoms with E-state index in [0.717, 1.165) is 43.8 Å². The number of phenolic OH excluding ortho intramolecular Hbond substituents is 1. The first-order valence-corrected chi connectivity index (χ1v) is 12.0. The van der Waals surface area contributed by atoms with E-state index in [1.54, 1.807) is 20.1 Å². The molecule has 1 N–H and O–H groups in total. The highest BCUT2D eigenvalue weighted by Gasteiger charge is 2.37. The van der Waals surface area contributed by atoms with E-state index in [-0.39, 0.29) is 5.91 Å². The number of methoxy groups -OCH3 is 1. The molecule has 2 aromatic rings. The van der Waals surface area contributed by atoms with Gasteiger partial charge in [-0.2, -0.15) is 0 Å². The van der Waals surface area contributed by atoms with E-state index >= 15 is 0 Å². The summed E-state index contributed by atoms with van der Waals surface area (Å²) in [5, 5.41) is 10.3. The monoisotopic (exact) mass is 436 g/mol. The molecule has 1 amide bonds. The van der Waals surface area contributed by atoms with Gasteiger partial charge in [-0.05, 0) is 42.5 Å². The van der Waals surface area contributed by atoms with Crippen molar-refractivity contribution in [3.8, 4) is 11.5 Å². The number of hydrogen-bond acceptors (Lipinski definition) is 4. The zero-order valence-electron chi connectivity index (χ0n) is 19.4. The molecule has 2 aromatic carbocycles. The number of nitrogens with zero attached hydrogens (tertiary/aromatic N) is 2. The second-order valence-electron chi connectivity index (χ2n) is 9.43. The van der Waals surface area contributed by atoms with Crippen LogP contribution in [0, 0.1) is 5.92 Å². The number of rotatable bonds is 7. The molecule has 2 fully saturated rings. The van der Waals surface area contributed by atoms with Crippen LogP contribution in [0.1, 0.15) is 56.1 Å². The minimum absolute atomic E-state index is 0.195. The molecule has 2 unspecified atom stereocenters. The molecule has 5 nitrogen and oxygen atoms in total. The maximum absolute atomic E-state index is 12.7. The van der Waals surface area contributed by atoms with E-state index in [2.05, 4.69) is 28.0 Å². The number of amides is 1. The maximum Gasteiger partial charge on any atom is 0.219 e. The van der Waals surface area contributed by atoms with Gasteiger partial charge in [0.15, 0.2) is 0 Å². The molecule has 4 rings (SSSR count). The standard InChI is InChI=1S/C27H36N2O3/c1-20(30)29(24-11-4-3-5-12-24)18-23-17-28(16-22-9-6-7-14-27(22)31)19-26(23)21-10-8-13-25(15-21)32-2/h6-10,13-15,23-24,26,31H,3-5,11-12,16-19H2,1-2H3. The van der Waals surface area contributed by atoms with Gasteiger partial charge in [0, 0.05) is 50.6 Å². The number of phenols is 1. The Morgan fingerprint density at radius 1 is 1.09 bits per heavy atom. The molecule has 0 radical (unpaired) electrons. The lowest BCUT2D eigenvalue weighted by Crippen LogP contribution is -2.44. The highest BCUT2D eigenvalue weighted by Crippen LogP contribution is 2.37. The van der Waals surface area contributed by atoms with Gasteiger partial charge in [-0.15, -0.1) is 0 Å². The third-order valence-electron chi connectivity index (χ3n) is 7.28. The largest absolute Gasteiger partial charge is 0.508 e. The fraction of sp³-hybridized carbons (Fsp3) is 0.519. The van der Waals surface area contributed by atoms with Crippen LogP contribution in [0.15, 0.2) is 48.5 Å². The third kappa shape index (κ3) is 5.26. The molecule has 32 heavy (non-hydrogen) atoms. The first-order valence-electron chi connectivity index (χ1n) is 12.0. The first kappa shape index (κ1) is 22.7. The van der Waals surface area contributed by atoms with Crippen molar-refractivity contribution in [2.75, 3.05) is 26.7 Å². The van der Waals surface area contributed by atoms with Gasteiger partial charge in [0.1, 0.15) is 11.5 Å². The van der Waals surface area contributed by atoms with Gasteiger partial charge in [0.05, 0.1) is 7.11 Å². The minimum atomic E-state index is 0.195. The highest BCUT2D eigenvalue weighted by molar-refractivity contribution is 5.73. The van der Waals surface area contributed by atoms with E-state index < -0.39 is 0 Å². The second-order valence-corrected chi connectivity index (χ2v) is 9.43. The minimum Gasteiger partial charge on any atom is -0.508 e. The van der Waals surface area contributed by atoms with Crippen LogP contribution >= 0.6 is 0 Å². The Morgan fingerprint density at radius 3 is 2.59 bits per heavy atom. The number of aromatic hydroxyl groups is 1. The Hall–Kier alpha value is -2.53. The molecule has 1 aliphatic heterocycles. The Morgan fingerprint density at radius 2 is 1.88 bits per heavy atom. The van der Waals surface area contributed by atoms with E-state index in [0.29, 0.717) is 30.2 Å². The fourth-order valence-corrected chi connectivity index (χ4v) is 5.59. The van der Waals surface area contributed by atoms with Gasteiger partial charge in [-0.1, -0.05) is 49.6 Å². The number of carbonyl (C=O) groups is 1. The van der Waals surface area contributed by atoms with E-state index in [1.807, 2.05) is 24.3 Å². The van der Waals surface area contributed by atoms with E-state index in [9.17, 15) is 9.90 Å². The van der Waals surface area contributed by atoms with Crippen LogP contribution in [0.5, 0.6) is 11.5 Å². The molecule has 2 atom stereocenters. The summed E-state index contributed by atoms with van der Waals surface area (Å²) < 4.78 is 5.49. The van der Waals surface area contributed by atoms with Crippen LogP contribution in [0.25, 0.3) is 0 Å². The molecule has 1 aliphatic carbocycles. The molecular formula is C27H36N2O3. The Kier molecular flexibility index (Phi) is 7.36. The van der Waals surface area contributed by atoms with Crippen LogP contribution in [0.4, 0.5) is 0 Å². The summed E-state index contributed by atoms with van der Waals surface area (Å²) in [6.07, 6.45) is 5.97. The zero-order chi connectivity index (χ0) is 22.5. The van der Waals surface area contributed by atoms with Crippen molar-refractivity contribution in [2.24, 2.45) is 5.92 Å². The third-order valence-corrected chi connectivity index (χ3v) is 7.28. The predicted molar refractivity (Wildman–Crippen MR) is 127 cm³/mol. The van der Waals surface area contributed by atoms with Gasteiger partial charge in [0.25, 0.3) is 0 Å². The lowest BCUT2D eigenvalue weighted by Gasteiger charge is -2.36. The van der Waals surface area contributed by atoms with Crippen LogP contribution in [-0.2, 0) is 11.3 Å². The molecule has 0 aromatic heterocycles. The number of ether oxygens (including phenoxy) is 1. The summed E-state index contributed by atoms with van der Waals surface area (Å²) in [5.41, 5.74) is 2.22. The van der Waals surface area contributed by atoms with Gasteiger partial charge < -0.3 is 14.7 Å². The number of hydrogen-bond donors (Lipinski definition) is 1. The van der Waals surface area contributed by atoms with Crippen LogP contribution in [0.2, 0.25) is 0 Å². The lowest BCUT2D eigenvalue weighted by atomic mass is 9.87. The second kappa shape index (κ2) is 10.4.